The lowest BCUT2D eigenvalue weighted by molar-refractivity contribution is -0.136. The first-order valence-corrected chi connectivity index (χ1v) is 11.9. The highest BCUT2D eigenvalue weighted by Crippen LogP contribution is 2.36. The highest BCUT2D eigenvalue weighted by molar-refractivity contribution is 7.93. The van der Waals surface area contributed by atoms with Crippen LogP contribution in [-0.4, -0.2) is 66.7 Å². The number of hydrogen-bond donors (Lipinski definition) is 3. The number of nitrogens with one attached hydrogen (secondary N) is 3. The number of nitrogens with zero attached hydrogens (tertiary/aromatic N) is 1. The van der Waals surface area contributed by atoms with Crippen LogP contribution in [0.2, 0.25) is 0 Å². The first kappa shape index (κ1) is 19.7. The predicted molar refractivity (Wildman–Crippen MR) is 107 cm³/mol. The van der Waals surface area contributed by atoms with E-state index in [4.69, 9.17) is 0 Å². The summed E-state index contributed by atoms with van der Waals surface area (Å²) in [5.41, 5.74) is 2.39. The zero-order chi connectivity index (χ0) is 21.1. The van der Waals surface area contributed by atoms with Gasteiger partial charge in [0.2, 0.25) is 11.8 Å². The first-order valence-electron chi connectivity index (χ1n) is 10.2. The molecule has 160 valence electrons. The Labute approximate surface area is 174 Å². The molecule has 3 amide bonds. The van der Waals surface area contributed by atoms with Crippen LogP contribution < -0.4 is 16.0 Å². The van der Waals surface area contributed by atoms with E-state index >= 15 is 0 Å². The molecule has 2 atom stereocenters. The molecule has 3 N–H and O–H groups in total. The Bertz CT molecular complexity index is 1050. The smallest absolute Gasteiger partial charge is 0.255 e. The number of imide groups is 1. The van der Waals surface area contributed by atoms with Crippen LogP contribution in [-0.2, 0) is 32.5 Å². The Morgan fingerprint density at radius 3 is 2.67 bits per heavy atom. The van der Waals surface area contributed by atoms with E-state index < -0.39 is 26.5 Å². The summed E-state index contributed by atoms with van der Waals surface area (Å²) in [6.45, 7) is 1.92. The van der Waals surface area contributed by atoms with Crippen LogP contribution in [0.1, 0.15) is 40.7 Å². The van der Waals surface area contributed by atoms with Crippen LogP contribution in [0.25, 0.3) is 0 Å². The lowest BCUT2D eigenvalue weighted by Gasteiger charge is -2.37. The number of sulfone groups is 1. The van der Waals surface area contributed by atoms with Crippen LogP contribution in [0.15, 0.2) is 18.2 Å². The predicted octanol–water partition coefficient (Wildman–Crippen LogP) is -0.934. The van der Waals surface area contributed by atoms with Gasteiger partial charge in [-0.15, -0.1) is 0 Å². The Kier molecular flexibility index (Phi) is 4.49. The molecule has 1 spiro atoms. The van der Waals surface area contributed by atoms with Crippen LogP contribution in [0.3, 0.4) is 0 Å². The van der Waals surface area contributed by atoms with Crippen LogP contribution in [0.4, 0.5) is 0 Å². The van der Waals surface area contributed by atoms with E-state index in [0.29, 0.717) is 44.6 Å². The van der Waals surface area contributed by atoms with E-state index in [-0.39, 0.29) is 30.0 Å². The van der Waals surface area contributed by atoms with Gasteiger partial charge in [0, 0.05) is 44.2 Å². The van der Waals surface area contributed by atoms with Gasteiger partial charge in [-0.05, 0) is 30.0 Å². The Morgan fingerprint density at radius 1 is 1.20 bits per heavy atom. The molecule has 10 heteroatoms. The number of amides is 3. The second kappa shape index (κ2) is 6.86. The average Bonchev–Trinajstić information content (AvgIpc) is 3.13. The summed E-state index contributed by atoms with van der Waals surface area (Å²) in [5, 5.41) is 8.73. The van der Waals surface area contributed by atoms with Crippen molar-refractivity contribution in [1.82, 2.24) is 20.9 Å². The number of carbonyl (C=O) groups excluding carboxylic acids is 3. The topological polar surface area (TPSA) is 125 Å². The molecular weight excluding hydrogens is 408 g/mol. The first-order chi connectivity index (χ1) is 14.3. The molecule has 3 fully saturated rings. The quantitative estimate of drug-likeness (QED) is 0.525. The van der Waals surface area contributed by atoms with Crippen LogP contribution in [0, 0.1) is 0 Å². The van der Waals surface area contributed by atoms with Crippen molar-refractivity contribution in [1.29, 1.82) is 0 Å². The zero-order valence-electron chi connectivity index (χ0n) is 16.4. The highest BCUT2D eigenvalue weighted by atomic mass is 32.2. The molecule has 2 unspecified atom stereocenters. The largest absolute Gasteiger partial charge is 0.322 e. The lowest BCUT2D eigenvalue weighted by Crippen LogP contribution is -2.62. The minimum atomic E-state index is -3.09. The molecule has 4 aliphatic heterocycles. The third kappa shape index (κ3) is 3.05. The molecule has 0 saturated carbocycles. The number of rotatable bonds is 4. The standard InChI is InChI=1S/C20H24N4O5S/c25-17-4-3-16(18(26)23-17)24-8-13-5-12(1-2-15(13)19(24)27)7-22-14-6-20(10-21-11-20)30(28,29)9-14/h1-2,5,14,16,21-22H,3-4,6-11H2,(H,23,25,26). The molecule has 30 heavy (non-hydrogen) atoms. The third-order valence-corrected chi connectivity index (χ3v) is 9.39. The summed E-state index contributed by atoms with van der Waals surface area (Å²) in [4.78, 5) is 37.8. The SMILES string of the molecule is O=C1CCC(N2Cc3cc(CNC4CC5(CNC5)S(=O)(=O)C4)ccc3C2=O)C(=O)N1. The summed E-state index contributed by atoms with van der Waals surface area (Å²) in [7, 11) is -3.09. The fourth-order valence-electron chi connectivity index (χ4n) is 4.98. The normalized spacial score (nSPS) is 29.1. The van der Waals surface area contributed by atoms with E-state index in [1.807, 2.05) is 12.1 Å². The monoisotopic (exact) mass is 432 g/mol. The molecule has 0 aromatic heterocycles. The molecule has 3 saturated heterocycles. The summed E-state index contributed by atoms with van der Waals surface area (Å²) in [6, 6.07) is 4.87. The molecule has 1 aromatic carbocycles. The lowest BCUT2D eigenvalue weighted by atomic mass is 9.94. The van der Waals surface area contributed by atoms with Gasteiger partial charge in [-0.2, -0.15) is 0 Å². The van der Waals surface area contributed by atoms with E-state index in [1.165, 1.54) is 4.90 Å². The van der Waals surface area contributed by atoms with Crippen molar-refractivity contribution < 1.29 is 22.8 Å². The minimum Gasteiger partial charge on any atom is -0.322 e. The molecule has 0 radical (unpaired) electrons. The minimum absolute atomic E-state index is 0.0769. The van der Waals surface area contributed by atoms with Crippen molar-refractivity contribution in [3.8, 4) is 0 Å². The second-order valence-corrected chi connectivity index (χ2v) is 11.2. The van der Waals surface area contributed by atoms with E-state index in [1.54, 1.807) is 6.07 Å². The number of piperidine rings is 1. The van der Waals surface area contributed by atoms with Crippen molar-refractivity contribution in [2.75, 3.05) is 18.8 Å². The van der Waals surface area contributed by atoms with Crippen molar-refractivity contribution in [3.05, 3.63) is 34.9 Å². The number of carbonyl (C=O) groups is 3. The summed E-state index contributed by atoms with van der Waals surface area (Å²) < 4.78 is 24.3. The third-order valence-electron chi connectivity index (χ3n) is 6.78. The fourth-order valence-corrected chi connectivity index (χ4v) is 7.19. The van der Waals surface area contributed by atoms with E-state index in [9.17, 15) is 22.8 Å². The van der Waals surface area contributed by atoms with Gasteiger partial charge in [0.15, 0.2) is 9.84 Å². The number of fused-ring (bicyclic) bond motifs is 1. The van der Waals surface area contributed by atoms with Gasteiger partial charge in [0.1, 0.15) is 6.04 Å². The van der Waals surface area contributed by atoms with Crippen LogP contribution in [0.5, 0.6) is 0 Å². The van der Waals surface area contributed by atoms with Crippen molar-refractivity contribution >= 4 is 27.6 Å². The zero-order valence-corrected chi connectivity index (χ0v) is 17.3. The summed E-state index contributed by atoms with van der Waals surface area (Å²) >= 11 is 0. The molecule has 4 aliphatic rings. The molecule has 4 heterocycles. The van der Waals surface area contributed by atoms with Gasteiger partial charge in [-0.25, -0.2) is 8.42 Å². The van der Waals surface area contributed by atoms with Gasteiger partial charge < -0.3 is 15.5 Å². The molecule has 0 bridgehead atoms. The molecule has 5 rings (SSSR count). The summed E-state index contributed by atoms with van der Waals surface area (Å²) in [6.07, 6.45) is 1.19. The maximum Gasteiger partial charge on any atom is 0.255 e. The van der Waals surface area contributed by atoms with Crippen molar-refractivity contribution in [2.24, 2.45) is 0 Å². The van der Waals surface area contributed by atoms with Gasteiger partial charge >= 0.3 is 0 Å². The maximum atomic E-state index is 12.8. The Morgan fingerprint density at radius 2 is 2.00 bits per heavy atom. The van der Waals surface area contributed by atoms with Gasteiger partial charge in [-0.3, -0.25) is 19.7 Å². The Balaban J connectivity index is 1.25. The second-order valence-electron chi connectivity index (χ2n) is 8.74. The van der Waals surface area contributed by atoms with Gasteiger partial charge in [0.25, 0.3) is 5.91 Å². The van der Waals surface area contributed by atoms with Crippen LogP contribution >= 0.6 is 0 Å². The molecule has 1 aromatic rings. The number of hydrogen-bond acceptors (Lipinski definition) is 7. The average molecular weight is 433 g/mol. The van der Waals surface area contributed by atoms with Crippen molar-refractivity contribution in [3.63, 3.8) is 0 Å². The van der Waals surface area contributed by atoms with Crippen molar-refractivity contribution in [2.45, 2.75) is 49.2 Å². The van der Waals surface area contributed by atoms with E-state index in [2.05, 4.69) is 16.0 Å². The van der Waals surface area contributed by atoms with Gasteiger partial charge in [0.05, 0.1) is 10.5 Å². The maximum absolute atomic E-state index is 12.8. The molecule has 0 aliphatic carbocycles. The molecule has 9 nitrogen and oxygen atoms in total. The van der Waals surface area contributed by atoms with E-state index in [0.717, 1.165) is 11.1 Å². The summed E-state index contributed by atoms with van der Waals surface area (Å²) in [5.74, 6) is -0.764. The fraction of sp³-hybridized carbons (Fsp3) is 0.550. The van der Waals surface area contributed by atoms with Gasteiger partial charge in [-0.1, -0.05) is 12.1 Å². The molecular formula is C20H24N4O5S. The number of benzene rings is 1. The Hall–Kier alpha value is -2.30. The highest BCUT2D eigenvalue weighted by Gasteiger charge is 2.55.